The van der Waals surface area contributed by atoms with Gasteiger partial charge in [0.15, 0.2) is 0 Å². The van der Waals surface area contributed by atoms with Gasteiger partial charge in [-0.05, 0) is 12.8 Å². The second kappa shape index (κ2) is 5.35. The largest absolute Gasteiger partial charge is 0.380 e. The van der Waals surface area contributed by atoms with Gasteiger partial charge in [-0.15, -0.1) is 0 Å². The zero-order chi connectivity index (χ0) is 9.68. The lowest BCUT2D eigenvalue weighted by Crippen LogP contribution is -2.40. The summed E-state index contributed by atoms with van der Waals surface area (Å²) in [5, 5.41) is 3.23. The van der Waals surface area contributed by atoms with Crippen molar-refractivity contribution in [3.63, 3.8) is 0 Å². The maximum Gasteiger partial charge on any atom is 0.149 e. The molecule has 13 heavy (non-hydrogen) atoms. The van der Waals surface area contributed by atoms with E-state index in [1.165, 1.54) is 0 Å². The molecule has 1 aliphatic heterocycles. The fraction of sp³-hybridized carbons (Fsp3) is 0.900. The van der Waals surface area contributed by atoms with Crippen LogP contribution in [0.1, 0.15) is 26.7 Å². The van der Waals surface area contributed by atoms with E-state index in [2.05, 4.69) is 5.32 Å². The number of nitrogens with one attached hydrogen (secondary N) is 1. The van der Waals surface area contributed by atoms with Crippen molar-refractivity contribution in [3.8, 4) is 0 Å². The van der Waals surface area contributed by atoms with E-state index < -0.39 is 0 Å². The maximum absolute atomic E-state index is 11.3. The predicted molar refractivity (Wildman–Crippen MR) is 51.7 cm³/mol. The zero-order valence-corrected chi connectivity index (χ0v) is 8.51. The standard InChI is InChI=1S/C10H19NO2/c1-8(2)10(12)6-11-9-4-3-5-13-7-9/h8-9,11H,3-7H2,1-2H3. The van der Waals surface area contributed by atoms with Crippen molar-refractivity contribution in [2.45, 2.75) is 32.7 Å². The molecule has 1 unspecified atom stereocenters. The lowest BCUT2D eigenvalue weighted by Gasteiger charge is -2.23. The molecule has 0 aliphatic carbocycles. The summed E-state index contributed by atoms with van der Waals surface area (Å²) in [7, 11) is 0. The van der Waals surface area contributed by atoms with Crippen LogP contribution in [0.25, 0.3) is 0 Å². The van der Waals surface area contributed by atoms with Gasteiger partial charge in [-0.2, -0.15) is 0 Å². The Morgan fingerprint density at radius 1 is 1.62 bits per heavy atom. The van der Waals surface area contributed by atoms with Crippen LogP contribution in [0.3, 0.4) is 0 Å². The van der Waals surface area contributed by atoms with Crippen molar-refractivity contribution in [2.75, 3.05) is 19.8 Å². The van der Waals surface area contributed by atoms with Crippen LogP contribution in [0.5, 0.6) is 0 Å². The minimum Gasteiger partial charge on any atom is -0.380 e. The molecule has 0 radical (unpaired) electrons. The summed E-state index contributed by atoms with van der Waals surface area (Å²) in [6.45, 7) is 5.98. The fourth-order valence-corrected chi connectivity index (χ4v) is 1.35. The lowest BCUT2D eigenvalue weighted by molar-refractivity contribution is -0.121. The van der Waals surface area contributed by atoms with Gasteiger partial charge in [0.2, 0.25) is 0 Å². The Morgan fingerprint density at radius 2 is 2.38 bits per heavy atom. The average molecular weight is 185 g/mol. The molecule has 1 fully saturated rings. The number of carbonyl (C=O) groups is 1. The highest BCUT2D eigenvalue weighted by Crippen LogP contribution is 2.05. The molecule has 1 saturated heterocycles. The van der Waals surface area contributed by atoms with Gasteiger partial charge in [-0.1, -0.05) is 13.8 Å². The molecule has 76 valence electrons. The molecule has 0 amide bonds. The molecule has 3 nitrogen and oxygen atoms in total. The SMILES string of the molecule is CC(C)C(=O)CNC1CCCOC1. The average Bonchev–Trinajstić information content (AvgIpc) is 2.15. The number of rotatable bonds is 4. The fourth-order valence-electron chi connectivity index (χ4n) is 1.35. The first-order valence-corrected chi connectivity index (χ1v) is 5.04. The molecule has 1 atom stereocenters. The first-order chi connectivity index (χ1) is 6.20. The third-order valence-electron chi connectivity index (χ3n) is 2.37. The summed E-state index contributed by atoms with van der Waals surface area (Å²) in [6, 6.07) is 0.386. The summed E-state index contributed by atoms with van der Waals surface area (Å²) in [4.78, 5) is 11.3. The highest BCUT2D eigenvalue weighted by Gasteiger charge is 2.15. The van der Waals surface area contributed by atoms with Gasteiger partial charge >= 0.3 is 0 Å². The molecule has 1 heterocycles. The monoisotopic (exact) mass is 185 g/mol. The van der Waals surface area contributed by atoms with Gasteiger partial charge in [-0.25, -0.2) is 0 Å². The Labute approximate surface area is 79.8 Å². The van der Waals surface area contributed by atoms with Crippen molar-refractivity contribution in [1.82, 2.24) is 5.32 Å². The third-order valence-corrected chi connectivity index (χ3v) is 2.37. The minimum atomic E-state index is 0.136. The van der Waals surface area contributed by atoms with Gasteiger partial charge in [-0.3, -0.25) is 4.79 Å². The molecule has 1 aliphatic rings. The highest BCUT2D eigenvalue weighted by molar-refractivity contribution is 5.82. The number of ether oxygens (including phenoxy) is 1. The molecule has 0 aromatic heterocycles. The van der Waals surface area contributed by atoms with E-state index in [-0.39, 0.29) is 11.7 Å². The summed E-state index contributed by atoms with van der Waals surface area (Å²) < 4.78 is 5.30. The number of Topliss-reactive ketones (excluding diaryl/α,β-unsaturated/α-hetero) is 1. The van der Waals surface area contributed by atoms with Crippen LogP contribution in [0.4, 0.5) is 0 Å². The van der Waals surface area contributed by atoms with Crippen LogP contribution in [-0.4, -0.2) is 31.6 Å². The molecule has 1 N–H and O–H groups in total. The number of carbonyl (C=O) groups excluding carboxylic acids is 1. The van der Waals surface area contributed by atoms with E-state index in [0.29, 0.717) is 12.6 Å². The van der Waals surface area contributed by atoms with Gasteiger partial charge in [0.1, 0.15) is 5.78 Å². The molecule has 0 aromatic rings. The van der Waals surface area contributed by atoms with Gasteiger partial charge in [0.05, 0.1) is 13.2 Å². The molecule has 1 rings (SSSR count). The van der Waals surface area contributed by atoms with Crippen LogP contribution in [0, 0.1) is 5.92 Å². The van der Waals surface area contributed by atoms with Crippen LogP contribution >= 0.6 is 0 Å². The van der Waals surface area contributed by atoms with E-state index in [4.69, 9.17) is 4.74 Å². The van der Waals surface area contributed by atoms with E-state index in [0.717, 1.165) is 26.1 Å². The second-order valence-electron chi connectivity index (χ2n) is 3.92. The Bertz CT molecular complexity index is 162. The molecule has 3 heteroatoms. The molecular formula is C10H19NO2. The van der Waals surface area contributed by atoms with Gasteiger partial charge in [0.25, 0.3) is 0 Å². The highest BCUT2D eigenvalue weighted by atomic mass is 16.5. The molecule has 0 bridgehead atoms. The second-order valence-corrected chi connectivity index (χ2v) is 3.92. The van der Waals surface area contributed by atoms with E-state index in [1.54, 1.807) is 0 Å². The Balaban J connectivity index is 2.13. The lowest BCUT2D eigenvalue weighted by atomic mass is 10.1. The summed E-state index contributed by atoms with van der Waals surface area (Å²) >= 11 is 0. The number of hydrogen-bond acceptors (Lipinski definition) is 3. The molecule has 0 saturated carbocycles. The van der Waals surface area contributed by atoms with E-state index in [9.17, 15) is 4.79 Å². The smallest absolute Gasteiger partial charge is 0.149 e. The Kier molecular flexibility index (Phi) is 4.39. The third kappa shape index (κ3) is 3.87. The van der Waals surface area contributed by atoms with Crippen molar-refractivity contribution in [3.05, 3.63) is 0 Å². The van der Waals surface area contributed by atoms with Crippen LogP contribution < -0.4 is 5.32 Å². The molecule has 0 aromatic carbocycles. The normalized spacial score (nSPS) is 23.5. The van der Waals surface area contributed by atoms with Gasteiger partial charge < -0.3 is 10.1 Å². The van der Waals surface area contributed by atoms with Crippen LogP contribution in [0.2, 0.25) is 0 Å². The number of hydrogen-bond donors (Lipinski definition) is 1. The quantitative estimate of drug-likeness (QED) is 0.709. The van der Waals surface area contributed by atoms with E-state index in [1.807, 2.05) is 13.8 Å². The van der Waals surface area contributed by atoms with Crippen molar-refractivity contribution in [1.29, 1.82) is 0 Å². The number of ketones is 1. The summed E-state index contributed by atoms with van der Waals surface area (Å²) in [6.07, 6.45) is 2.24. The van der Waals surface area contributed by atoms with Crippen molar-refractivity contribution < 1.29 is 9.53 Å². The van der Waals surface area contributed by atoms with Crippen molar-refractivity contribution >= 4 is 5.78 Å². The molecular weight excluding hydrogens is 166 g/mol. The Morgan fingerprint density at radius 3 is 2.92 bits per heavy atom. The maximum atomic E-state index is 11.3. The van der Waals surface area contributed by atoms with Crippen molar-refractivity contribution in [2.24, 2.45) is 5.92 Å². The summed E-state index contributed by atoms with van der Waals surface area (Å²) in [5.41, 5.74) is 0. The van der Waals surface area contributed by atoms with Gasteiger partial charge in [0, 0.05) is 18.6 Å². The van der Waals surface area contributed by atoms with E-state index >= 15 is 0 Å². The minimum absolute atomic E-state index is 0.136. The topological polar surface area (TPSA) is 38.3 Å². The van der Waals surface area contributed by atoms with Crippen LogP contribution in [-0.2, 0) is 9.53 Å². The molecule has 0 spiro atoms. The van der Waals surface area contributed by atoms with Crippen LogP contribution in [0.15, 0.2) is 0 Å². The Hall–Kier alpha value is -0.410. The first kappa shape index (κ1) is 10.7. The predicted octanol–water partition coefficient (Wildman–Crippen LogP) is 0.980. The first-order valence-electron chi connectivity index (χ1n) is 5.04. The zero-order valence-electron chi connectivity index (χ0n) is 8.51. The summed E-state index contributed by atoms with van der Waals surface area (Å²) in [5.74, 6) is 0.419.